The van der Waals surface area contributed by atoms with E-state index in [2.05, 4.69) is 0 Å². The number of rotatable bonds is 4. The van der Waals surface area contributed by atoms with Gasteiger partial charge in [0.25, 0.3) is 0 Å². The largest absolute Gasteiger partial charge is 0.489 e. The molecule has 1 aliphatic rings. The highest BCUT2D eigenvalue weighted by molar-refractivity contribution is 6.35. The highest BCUT2D eigenvalue weighted by atomic mass is 35.5. The summed E-state index contributed by atoms with van der Waals surface area (Å²) in [7, 11) is 0. The van der Waals surface area contributed by atoms with Gasteiger partial charge in [-0.1, -0.05) is 42.5 Å². The Bertz CT molecular complexity index is 443. The van der Waals surface area contributed by atoms with Gasteiger partial charge in [-0.2, -0.15) is 0 Å². The van der Waals surface area contributed by atoms with Crippen molar-refractivity contribution in [2.24, 2.45) is 0 Å². The lowest BCUT2D eigenvalue weighted by molar-refractivity contribution is -0.0342. The quantitative estimate of drug-likeness (QED) is 0.894. The summed E-state index contributed by atoms with van der Waals surface area (Å²) in [6.45, 7) is -0.00457. The molecule has 19 heavy (non-hydrogen) atoms. The van der Waals surface area contributed by atoms with Crippen molar-refractivity contribution >= 4 is 23.2 Å². The number of aliphatic hydroxyl groups excluding tert-OH is 1. The van der Waals surface area contributed by atoms with E-state index in [9.17, 15) is 10.2 Å². The Morgan fingerprint density at radius 2 is 1.84 bits per heavy atom. The van der Waals surface area contributed by atoms with E-state index in [1.807, 2.05) is 0 Å². The van der Waals surface area contributed by atoms with Crippen molar-refractivity contribution in [3.63, 3.8) is 0 Å². The number of ether oxygens (including phenoxy) is 1. The van der Waals surface area contributed by atoms with Gasteiger partial charge < -0.3 is 14.9 Å². The Morgan fingerprint density at radius 3 is 2.47 bits per heavy atom. The van der Waals surface area contributed by atoms with Crippen LogP contribution in [0.5, 0.6) is 5.75 Å². The lowest BCUT2D eigenvalue weighted by Gasteiger charge is -2.32. The fourth-order valence-electron chi connectivity index (χ4n) is 2.45. The maximum atomic E-state index is 10.4. The maximum absolute atomic E-state index is 10.4. The summed E-state index contributed by atoms with van der Waals surface area (Å²) in [5, 5.41) is 20.5. The number of halogens is 2. The fourth-order valence-corrected chi connectivity index (χ4v) is 3.04. The van der Waals surface area contributed by atoms with Crippen LogP contribution in [0.15, 0.2) is 12.1 Å². The van der Waals surface area contributed by atoms with Crippen molar-refractivity contribution in [1.29, 1.82) is 0 Å². The minimum atomic E-state index is -0.784. The standard InChI is InChI=1S/C14H18Cl2O3/c15-11-6-10(8-17)13(12(16)7-11)19-9-14(18)4-2-1-3-5-14/h6-7,17-18H,1-5,8-9H2. The normalized spacial score (nSPS) is 18.3. The number of aliphatic hydroxyl groups is 2. The molecule has 5 heteroatoms. The Hall–Kier alpha value is -0.480. The van der Waals surface area contributed by atoms with Crippen LogP contribution in [0.1, 0.15) is 37.7 Å². The fraction of sp³-hybridized carbons (Fsp3) is 0.571. The average Bonchev–Trinajstić information content (AvgIpc) is 2.37. The second-order valence-corrected chi connectivity index (χ2v) is 5.95. The first-order valence-electron chi connectivity index (χ1n) is 6.48. The van der Waals surface area contributed by atoms with E-state index in [-0.39, 0.29) is 13.2 Å². The molecular weight excluding hydrogens is 287 g/mol. The van der Waals surface area contributed by atoms with Gasteiger partial charge in [0, 0.05) is 10.6 Å². The first kappa shape index (κ1) is 14.9. The van der Waals surface area contributed by atoms with Gasteiger partial charge in [0.2, 0.25) is 0 Å². The minimum Gasteiger partial charge on any atom is -0.489 e. The average molecular weight is 305 g/mol. The van der Waals surface area contributed by atoms with Crippen LogP contribution in [-0.4, -0.2) is 22.4 Å². The molecule has 1 aromatic rings. The zero-order chi connectivity index (χ0) is 13.9. The summed E-state index contributed by atoms with van der Waals surface area (Å²) < 4.78 is 5.66. The van der Waals surface area contributed by atoms with E-state index in [1.165, 1.54) is 0 Å². The van der Waals surface area contributed by atoms with Crippen LogP contribution in [0.3, 0.4) is 0 Å². The molecule has 0 saturated heterocycles. The molecular formula is C14H18Cl2O3. The summed E-state index contributed by atoms with van der Waals surface area (Å²) >= 11 is 12.0. The smallest absolute Gasteiger partial charge is 0.143 e. The van der Waals surface area contributed by atoms with Crippen molar-refractivity contribution in [2.45, 2.75) is 44.3 Å². The molecule has 106 valence electrons. The summed E-state index contributed by atoms with van der Waals surface area (Å²) in [5.41, 5.74) is -0.245. The zero-order valence-corrected chi connectivity index (χ0v) is 12.2. The van der Waals surface area contributed by atoms with E-state index in [1.54, 1.807) is 12.1 Å². The highest BCUT2D eigenvalue weighted by Gasteiger charge is 2.30. The van der Waals surface area contributed by atoms with Crippen molar-refractivity contribution in [3.05, 3.63) is 27.7 Å². The van der Waals surface area contributed by atoms with Crippen LogP contribution in [0.2, 0.25) is 10.0 Å². The lowest BCUT2D eigenvalue weighted by atomic mass is 9.85. The molecule has 2 N–H and O–H groups in total. The van der Waals surface area contributed by atoms with E-state index in [4.69, 9.17) is 27.9 Å². The van der Waals surface area contributed by atoms with Gasteiger partial charge in [-0.3, -0.25) is 0 Å². The van der Waals surface area contributed by atoms with Gasteiger partial charge >= 0.3 is 0 Å². The molecule has 0 spiro atoms. The minimum absolute atomic E-state index is 0.196. The van der Waals surface area contributed by atoms with Crippen molar-refractivity contribution in [1.82, 2.24) is 0 Å². The molecule has 0 radical (unpaired) electrons. The SMILES string of the molecule is OCc1cc(Cl)cc(Cl)c1OCC1(O)CCCCC1. The van der Waals surface area contributed by atoms with Crippen molar-refractivity contribution < 1.29 is 14.9 Å². The Kier molecular flexibility index (Phi) is 4.96. The molecule has 3 nitrogen and oxygen atoms in total. The van der Waals surface area contributed by atoms with Crippen molar-refractivity contribution in [3.8, 4) is 5.75 Å². The molecule has 0 atom stereocenters. The molecule has 0 amide bonds. The molecule has 1 fully saturated rings. The molecule has 2 rings (SSSR count). The van der Waals surface area contributed by atoms with Crippen LogP contribution in [0, 0.1) is 0 Å². The molecule has 0 unspecified atom stereocenters. The molecule has 0 aliphatic heterocycles. The van der Waals surface area contributed by atoms with Crippen LogP contribution < -0.4 is 4.74 Å². The third-order valence-corrected chi connectivity index (χ3v) is 4.02. The van der Waals surface area contributed by atoms with Gasteiger partial charge in [0.05, 0.1) is 17.2 Å². The summed E-state index contributed by atoms with van der Waals surface area (Å²) in [6, 6.07) is 3.19. The maximum Gasteiger partial charge on any atom is 0.143 e. The van der Waals surface area contributed by atoms with Crippen LogP contribution >= 0.6 is 23.2 Å². The number of hydrogen-bond donors (Lipinski definition) is 2. The third-order valence-electron chi connectivity index (χ3n) is 3.53. The van der Waals surface area contributed by atoms with Gasteiger partial charge in [0.15, 0.2) is 0 Å². The van der Waals surface area contributed by atoms with E-state index < -0.39 is 5.60 Å². The molecule has 0 bridgehead atoms. The van der Waals surface area contributed by atoms with Gasteiger partial charge in [0.1, 0.15) is 12.4 Å². The second kappa shape index (κ2) is 6.31. The molecule has 1 saturated carbocycles. The summed E-state index contributed by atoms with van der Waals surface area (Å²) in [5.74, 6) is 0.410. The summed E-state index contributed by atoms with van der Waals surface area (Å²) in [4.78, 5) is 0. The summed E-state index contributed by atoms with van der Waals surface area (Å²) in [6.07, 6.45) is 4.67. The zero-order valence-electron chi connectivity index (χ0n) is 10.7. The van der Waals surface area contributed by atoms with Crippen molar-refractivity contribution in [2.75, 3.05) is 6.61 Å². The third kappa shape index (κ3) is 3.76. The van der Waals surface area contributed by atoms with Crippen LogP contribution in [0.4, 0.5) is 0 Å². The second-order valence-electron chi connectivity index (χ2n) is 5.11. The van der Waals surface area contributed by atoms with Gasteiger partial charge in [-0.05, 0) is 25.0 Å². The molecule has 0 heterocycles. The monoisotopic (exact) mass is 304 g/mol. The van der Waals surface area contributed by atoms with Gasteiger partial charge in [-0.25, -0.2) is 0 Å². The Balaban J connectivity index is 2.10. The predicted octanol–water partition coefficient (Wildman–Crippen LogP) is 3.56. The van der Waals surface area contributed by atoms with E-state index >= 15 is 0 Å². The first-order valence-corrected chi connectivity index (χ1v) is 7.24. The van der Waals surface area contributed by atoms with E-state index in [0.717, 1.165) is 32.1 Å². The van der Waals surface area contributed by atoms with Gasteiger partial charge in [-0.15, -0.1) is 0 Å². The van der Waals surface area contributed by atoms with Crippen LogP contribution in [-0.2, 0) is 6.61 Å². The van der Waals surface area contributed by atoms with E-state index in [0.29, 0.717) is 21.4 Å². The number of benzene rings is 1. The highest BCUT2D eigenvalue weighted by Crippen LogP contribution is 2.35. The lowest BCUT2D eigenvalue weighted by Crippen LogP contribution is -2.38. The molecule has 1 aliphatic carbocycles. The predicted molar refractivity (Wildman–Crippen MR) is 75.9 cm³/mol. The topological polar surface area (TPSA) is 49.7 Å². The molecule has 1 aromatic carbocycles. The Labute approximate surface area is 123 Å². The van der Waals surface area contributed by atoms with Crippen LogP contribution in [0.25, 0.3) is 0 Å². The molecule has 0 aromatic heterocycles. The number of hydrogen-bond acceptors (Lipinski definition) is 3. The first-order chi connectivity index (χ1) is 9.04. The Morgan fingerprint density at radius 1 is 1.16 bits per heavy atom.